The quantitative estimate of drug-likeness (QED) is 0.611. The maximum atomic E-state index is 11.8. The summed E-state index contributed by atoms with van der Waals surface area (Å²) in [5.41, 5.74) is 0. The molecule has 6 nitrogen and oxygen atoms in total. The van der Waals surface area contributed by atoms with Crippen molar-refractivity contribution in [1.29, 1.82) is 0 Å². The number of cyclic esters (lactones) is 1. The van der Waals surface area contributed by atoms with Gasteiger partial charge in [0.1, 0.15) is 24.9 Å². The highest BCUT2D eigenvalue weighted by molar-refractivity contribution is 5.71. The number of hydrogen-bond acceptors (Lipinski definition) is 5. The van der Waals surface area contributed by atoms with Crippen molar-refractivity contribution in [1.82, 2.24) is 4.90 Å². The van der Waals surface area contributed by atoms with Crippen molar-refractivity contribution in [3.05, 3.63) is 0 Å². The van der Waals surface area contributed by atoms with E-state index in [0.29, 0.717) is 6.42 Å². The van der Waals surface area contributed by atoms with Crippen LogP contribution in [0.15, 0.2) is 0 Å². The highest BCUT2D eigenvalue weighted by atomic mass is 16.6. The molecule has 122 valence electrons. The Kier molecular flexibility index (Phi) is 5.84. The van der Waals surface area contributed by atoms with Crippen molar-refractivity contribution >= 4 is 6.09 Å². The minimum absolute atomic E-state index is 0.0801. The second kappa shape index (κ2) is 7.42. The van der Waals surface area contributed by atoms with Crippen LogP contribution < -0.4 is 0 Å². The van der Waals surface area contributed by atoms with Gasteiger partial charge in [-0.2, -0.15) is 0 Å². The molecule has 21 heavy (non-hydrogen) atoms. The Bertz CT molecular complexity index is 351. The Morgan fingerprint density at radius 3 is 2.43 bits per heavy atom. The number of nitrogens with zero attached hydrogens (tertiary/aromatic N) is 1. The van der Waals surface area contributed by atoms with Crippen LogP contribution in [0.25, 0.3) is 0 Å². The first kappa shape index (κ1) is 16.5. The molecule has 2 saturated heterocycles. The molecular weight excluding hydrogens is 274 g/mol. The molecule has 0 bridgehead atoms. The number of carbonyl (C=O) groups excluding carboxylic acids is 1. The summed E-state index contributed by atoms with van der Waals surface area (Å²) in [7, 11) is 0. The number of unbranched alkanes of at least 4 members (excludes halogenated alkanes) is 5. The molecule has 1 amide bonds. The first-order valence-corrected chi connectivity index (χ1v) is 8.07. The summed E-state index contributed by atoms with van der Waals surface area (Å²) in [6, 6.07) is -1.00. The third-order valence-corrected chi connectivity index (χ3v) is 4.64. The van der Waals surface area contributed by atoms with Crippen LogP contribution >= 0.6 is 0 Å². The lowest BCUT2D eigenvalue weighted by molar-refractivity contribution is -0.143. The van der Waals surface area contributed by atoms with Crippen LogP contribution in [-0.4, -0.2) is 63.3 Å². The average molecular weight is 301 g/mol. The van der Waals surface area contributed by atoms with Crippen LogP contribution in [0.3, 0.4) is 0 Å². The average Bonchev–Trinajstić information content (AvgIpc) is 2.85. The molecular formula is C15H27NO5. The summed E-state index contributed by atoms with van der Waals surface area (Å²) in [5, 5.41) is 30.0. The van der Waals surface area contributed by atoms with Crippen LogP contribution in [0.1, 0.15) is 51.9 Å². The molecule has 0 radical (unpaired) electrons. The van der Waals surface area contributed by atoms with E-state index < -0.39 is 36.5 Å². The minimum atomic E-state index is -1.22. The molecule has 2 rings (SSSR count). The van der Waals surface area contributed by atoms with E-state index >= 15 is 0 Å². The Morgan fingerprint density at radius 2 is 1.71 bits per heavy atom. The number of carbonyl (C=O) groups is 1. The van der Waals surface area contributed by atoms with E-state index in [4.69, 9.17) is 4.74 Å². The zero-order valence-corrected chi connectivity index (χ0v) is 12.6. The number of aliphatic hydroxyl groups is 3. The Labute approximate surface area is 125 Å². The number of aliphatic hydroxyl groups excluding tert-OH is 3. The second-order valence-electron chi connectivity index (χ2n) is 6.15. The molecule has 0 aliphatic carbocycles. The standard InChI is InChI=1S/C15H27NO5/c1-2-3-4-5-6-7-8-10-12(17)14(19)13(18)11-9-21-15(20)16(10)11/h10-14,17-19H,2-9H2,1H3/t10-,11?,12+,13-,14-/m1/s1. The fraction of sp³-hybridized carbons (Fsp3) is 0.933. The number of rotatable bonds is 7. The van der Waals surface area contributed by atoms with Crippen LogP contribution in [0.2, 0.25) is 0 Å². The molecule has 0 aromatic carbocycles. The fourth-order valence-corrected chi connectivity index (χ4v) is 3.36. The molecule has 2 aliphatic rings. The molecule has 0 aromatic rings. The van der Waals surface area contributed by atoms with Gasteiger partial charge in [0.2, 0.25) is 0 Å². The van der Waals surface area contributed by atoms with Gasteiger partial charge in [-0.15, -0.1) is 0 Å². The number of piperidine rings is 1. The van der Waals surface area contributed by atoms with Gasteiger partial charge in [0, 0.05) is 0 Å². The van der Waals surface area contributed by atoms with E-state index in [2.05, 4.69) is 6.92 Å². The van der Waals surface area contributed by atoms with Crippen LogP contribution in [0.4, 0.5) is 4.79 Å². The second-order valence-corrected chi connectivity index (χ2v) is 6.15. The number of hydrogen-bond donors (Lipinski definition) is 3. The van der Waals surface area contributed by atoms with Crippen molar-refractivity contribution in [2.24, 2.45) is 0 Å². The van der Waals surface area contributed by atoms with E-state index in [9.17, 15) is 20.1 Å². The molecule has 3 N–H and O–H groups in total. The topological polar surface area (TPSA) is 90.2 Å². The Hall–Kier alpha value is -0.850. The third-order valence-electron chi connectivity index (χ3n) is 4.64. The Morgan fingerprint density at radius 1 is 1.05 bits per heavy atom. The summed E-state index contributed by atoms with van der Waals surface area (Å²) in [4.78, 5) is 13.2. The van der Waals surface area contributed by atoms with Crippen molar-refractivity contribution in [2.45, 2.75) is 82.3 Å². The van der Waals surface area contributed by atoms with Crippen molar-refractivity contribution < 1.29 is 24.9 Å². The molecule has 2 heterocycles. The number of fused-ring (bicyclic) bond motifs is 1. The SMILES string of the molecule is CCCCCCCC[C@@H]1[C@H](O)[C@@H](O)[C@H](O)C2COC(=O)N21. The lowest BCUT2D eigenvalue weighted by atomic mass is 9.86. The number of ether oxygens (including phenoxy) is 1. The van der Waals surface area contributed by atoms with E-state index in [1.807, 2.05) is 0 Å². The first-order chi connectivity index (χ1) is 10.1. The van der Waals surface area contributed by atoms with Gasteiger partial charge in [0.05, 0.1) is 12.1 Å². The van der Waals surface area contributed by atoms with E-state index in [1.54, 1.807) is 0 Å². The molecule has 0 aromatic heterocycles. The zero-order valence-electron chi connectivity index (χ0n) is 12.6. The number of amides is 1. The van der Waals surface area contributed by atoms with Gasteiger partial charge in [-0.25, -0.2) is 4.79 Å². The summed E-state index contributed by atoms with van der Waals surface area (Å²) in [6.45, 7) is 2.25. The van der Waals surface area contributed by atoms with Crippen molar-refractivity contribution in [2.75, 3.05) is 6.61 Å². The summed E-state index contributed by atoms with van der Waals surface area (Å²) in [6.07, 6.45) is 3.39. The molecule has 5 atom stereocenters. The van der Waals surface area contributed by atoms with Crippen LogP contribution in [0.5, 0.6) is 0 Å². The first-order valence-electron chi connectivity index (χ1n) is 8.07. The molecule has 0 saturated carbocycles. The predicted molar refractivity (Wildman–Crippen MR) is 76.8 cm³/mol. The smallest absolute Gasteiger partial charge is 0.410 e. The zero-order chi connectivity index (χ0) is 15.4. The maximum Gasteiger partial charge on any atom is 0.410 e. The van der Waals surface area contributed by atoms with Crippen LogP contribution in [0, 0.1) is 0 Å². The maximum absolute atomic E-state index is 11.8. The van der Waals surface area contributed by atoms with Crippen molar-refractivity contribution in [3.8, 4) is 0 Å². The van der Waals surface area contributed by atoms with E-state index in [0.717, 1.165) is 19.3 Å². The van der Waals surface area contributed by atoms with Crippen LogP contribution in [-0.2, 0) is 4.74 Å². The van der Waals surface area contributed by atoms with Gasteiger partial charge in [0.15, 0.2) is 0 Å². The molecule has 2 fully saturated rings. The fourth-order valence-electron chi connectivity index (χ4n) is 3.36. The van der Waals surface area contributed by atoms with Gasteiger partial charge in [-0.05, 0) is 6.42 Å². The molecule has 2 aliphatic heterocycles. The minimum Gasteiger partial charge on any atom is -0.447 e. The normalized spacial score (nSPS) is 35.7. The summed E-state index contributed by atoms with van der Waals surface area (Å²) in [5.74, 6) is 0. The summed E-state index contributed by atoms with van der Waals surface area (Å²) < 4.78 is 4.96. The van der Waals surface area contributed by atoms with Crippen molar-refractivity contribution in [3.63, 3.8) is 0 Å². The lowest BCUT2D eigenvalue weighted by Gasteiger charge is -2.44. The van der Waals surface area contributed by atoms with Gasteiger partial charge in [-0.1, -0.05) is 45.4 Å². The Balaban J connectivity index is 1.88. The highest BCUT2D eigenvalue weighted by Gasteiger charge is 2.53. The molecule has 6 heteroatoms. The van der Waals surface area contributed by atoms with Gasteiger partial charge < -0.3 is 20.1 Å². The van der Waals surface area contributed by atoms with E-state index in [-0.39, 0.29) is 6.61 Å². The summed E-state index contributed by atoms with van der Waals surface area (Å²) >= 11 is 0. The third kappa shape index (κ3) is 3.49. The van der Waals surface area contributed by atoms with Gasteiger partial charge in [0.25, 0.3) is 0 Å². The van der Waals surface area contributed by atoms with Gasteiger partial charge in [-0.3, -0.25) is 4.90 Å². The van der Waals surface area contributed by atoms with Gasteiger partial charge >= 0.3 is 6.09 Å². The largest absolute Gasteiger partial charge is 0.447 e. The highest BCUT2D eigenvalue weighted by Crippen LogP contribution is 2.32. The predicted octanol–water partition coefficient (Wildman–Crippen LogP) is 1.02. The molecule has 1 unspecified atom stereocenters. The monoisotopic (exact) mass is 301 g/mol. The molecule has 0 spiro atoms. The van der Waals surface area contributed by atoms with E-state index in [1.165, 1.54) is 24.2 Å². The lowest BCUT2D eigenvalue weighted by Crippen LogP contribution is -2.65.